The number of aliphatic hydroxyl groups is 1. The monoisotopic (exact) mass is 625 g/mol. The second kappa shape index (κ2) is 14.6. The molecule has 3 heterocycles. The van der Waals surface area contributed by atoms with Gasteiger partial charge in [0, 0.05) is 36.6 Å². The van der Waals surface area contributed by atoms with E-state index in [-0.39, 0.29) is 49.1 Å². The van der Waals surface area contributed by atoms with Crippen LogP contribution in [0.2, 0.25) is 0 Å². The summed E-state index contributed by atoms with van der Waals surface area (Å²) in [5.41, 5.74) is 9.43. The summed E-state index contributed by atoms with van der Waals surface area (Å²) >= 11 is 0. The predicted octanol–water partition coefficient (Wildman–Crippen LogP) is 4.34. The van der Waals surface area contributed by atoms with E-state index in [4.69, 9.17) is 15.2 Å². The standard InChI is InChI=1S/C29H35N3O6S.2ClH/c30-16-29(34)38-18-28(33)21-3-8-26(31-17-21)27-10-9-25(32-27)24(15-19-11-13-37-14-12-19)20-1-4-22(5-2-20)39(35,36)23-6-7-23;;/h1-5,8-10,17,19,23-24,28,32-33H,6-7,11-16,18,30H2;2*1H. The largest absolute Gasteiger partial charge is 0.462 e. The van der Waals surface area contributed by atoms with Gasteiger partial charge in [-0.2, -0.15) is 0 Å². The summed E-state index contributed by atoms with van der Waals surface area (Å²) < 4.78 is 35.9. The molecule has 2 unspecified atom stereocenters. The Labute approximate surface area is 253 Å². The highest BCUT2D eigenvalue weighted by molar-refractivity contribution is 7.92. The summed E-state index contributed by atoms with van der Waals surface area (Å²) in [7, 11) is -3.23. The van der Waals surface area contributed by atoms with Crippen molar-refractivity contribution in [3.05, 3.63) is 71.5 Å². The molecule has 2 atom stereocenters. The van der Waals surface area contributed by atoms with E-state index < -0.39 is 21.9 Å². The fourth-order valence-corrected chi connectivity index (χ4v) is 6.73. The van der Waals surface area contributed by atoms with Gasteiger partial charge in [0.25, 0.3) is 0 Å². The van der Waals surface area contributed by atoms with Crippen molar-refractivity contribution in [1.29, 1.82) is 0 Å². The van der Waals surface area contributed by atoms with Crippen LogP contribution < -0.4 is 5.73 Å². The Balaban J connectivity index is 0.00000231. The van der Waals surface area contributed by atoms with Gasteiger partial charge in [0.1, 0.15) is 12.7 Å². The van der Waals surface area contributed by atoms with Gasteiger partial charge in [0.2, 0.25) is 0 Å². The predicted molar refractivity (Wildman–Crippen MR) is 160 cm³/mol. The molecule has 224 valence electrons. The van der Waals surface area contributed by atoms with Crippen LogP contribution in [0.4, 0.5) is 0 Å². The molecule has 1 saturated heterocycles. The summed E-state index contributed by atoms with van der Waals surface area (Å²) in [6.45, 7) is 1.11. The maximum absolute atomic E-state index is 12.7. The molecule has 0 bridgehead atoms. The molecule has 4 N–H and O–H groups in total. The summed E-state index contributed by atoms with van der Waals surface area (Å²) in [5, 5.41) is 10.0. The van der Waals surface area contributed by atoms with Crippen LogP contribution in [0, 0.1) is 5.92 Å². The second-order valence-corrected chi connectivity index (χ2v) is 12.6. The minimum Gasteiger partial charge on any atom is -0.462 e. The van der Waals surface area contributed by atoms with Gasteiger partial charge in [-0.3, -0.25) is 9.78 Å². The first kappa shape index (κ1) is 33.0. The number of carbonyl (C=O) groups is 1. The number of esters is 1. The lowest BCUT2D eigenvalue weighted by Gasteiger charge is -2.27. The SMILES string of the molecule is Cl.Cl.NCC(=O)OCC(O)c1ccc(-c2ccc(C(CC3CCOCC3)c3ccc(S(=O)(=O)C4CC4)cc3)[nH]2)nc1. The van der Waals surface area contributed by atoms with E-state index in [0.717, 1.165) is 62.3 Å². The zero-order valence-electron chi connectivity index (χ0n) is 22.6. The number of H-pyrrole nitrogens is 1. The van der Waals surface area contributed by atoms with Gasteiger partial charge in [-0.1, -0.05) is 18.2 Å². The van der Waals surface area contributed by atoms with Crippen molar-refractivity contribution >= 4 is 40.6 Å². The third kappa shape index (κ3) is 8.09. The average molecular weight is 627 g/mol. The molecule has 41 heavy (non-hydrogen) atoms. The van der Waals surface area contributed by atoms with E-state index in [1.807, 2.05) is 24.3 Å². The quantitative estimate of drug-likeness (QED) is 0.267. The van der Waals surface area contributed by atoms with Crippen LogP contribution in [-0.2, 0) is 24.1 Å². The van der Waals surface area contributed by atoms with Crippen LogP contribution in [0.25, 0.3) is 11.4 Å². The fraction of sp³-hybridized carbons (Fsp3) is 0.448. The highest BCUT2D eigenvalue weighted by atomic mass is 35.5. The number of aromatic amines is 1. The van der Waals surface area contributed by atoms with E-state index in [0.29, 0.717) is 22.1 Å². The third-order valence-electron chi connectivity index (χ3n) is 7.58. The van der Waals surface area contributed by atoms with Crippen molar-refractivity contribution in [2.75, 3.05) is 26.4 Å². The maximum atomic E-state index is 12.7. The summed E-state index contributed by atoms with van der Waals surface area (Å²) in [6.07, 6.45) is 5.01. The highest BCUT2D eigenvalue weighted by Gasteiger charge is 2.37. The number of benzene rings is 1. The van der Waals surface area contributed by atoms with Crippen molar-refractivity contribution in [3.8, 4) is 11.4 Å². The number of nitrogens with two attached hydrogens (primary N) is 1. The zero-order valence-corrected chi connectivity index (χ0v) is 25.1. The number of rotatable bonds is 11. The van der Waals surface area contributed by atoms with Crippen molar-refractivity contribution in [2.24, 2.45) is 11.7 Å². The third-order valence-corrected chi connectivity index (χ3v) is 9.86. The summed E-state index contributed by atoms with van der Waals surface area (Å²) in [5.74, 6) is 0.00234. The summed E-state index contributed by atoms with van der Waals surface area (Å²) in [4.78, 5) is 19.7. The normalized spacial score (nSPS) is 17.1. The molecule has 0 spiro atoms. The van der Waals surface area contributed by atoms with Gasteiger partial charge in [-0.15, -0.1) is 24.8 Å². The molecular formula is C29H37Cl2N3O6S. The smallest absolute Gasteiger partial charge is 0.319 e. The molecular weight excluding hydrogens is 589 g/mol. The number of sulfone groups is 1. The molecule has 1 aliphatic carbocycles. The number of aromatic nitrogens is 2. The van der Waals surface area contributed by atoms with Crippen molar-refractivity contribution in [3.63, 3.8) is 0 Å². The van der Waals surface area contributed by atoms with Gasteiger partial charge in [0.15, 0.2) is 9.84 Å². The van der Waals surface area contributed by atoms with Crippen molar-refractivity contribution < 1.29 is 27.8 Å². The van der Waals surface area contributed by atoms with E-state index in [1.54, 1.807) is 24.4 Å². The van der Waals surface area contributed by atoms with E-state index in [2.05, 4.69) is 16.0 Å². The molecule has 2 aliphatic rings. The molecule has 1 aromatic carbocycles. The Kier molecular flexibility index (Phi) is 11.8. The number of pyridine rings is 1. The van der Waals surface area contributed by atoms with E-state index in [1.165, 1.54) is 0 Å². The molecule has 2 aromatic heterocycles. The number of aliphatic hydroxyl groups excluding tert-OH is 1. The first-order chi connectivity index (χ1) is 18.8. The maximum Gasteiger partial charge on any atom is 0.319 e. The Hall–Kier alpha value is -2.47. The van der Waals surface area contributed by atoms with E-state index >= 15 is 0 Å². The van der Waals surface area contributed by atoms with Crippen LogP contribution in [0.15, 0.2) is 59.6 Å². The Morgan fingerprint density at radius 2 is 1.71 bits per heavy atom. The molecule has 9 nitrogen and oxygen atoms in total. The summed E-state index contributed by atoms with van der Waals surface area (Å²) in [6, 6.07) is 15.0. The molecule has 0 radical (unpaired) electrons. The van der Waals surface area contributed by atoms with Crippen molar-refractivity contribution in [2.45, 2.75) is 54.3 Å². The van der Waals surface area contributed by atoms with Crippen molar-refractivity contribution in [1.82, 2.24) is 9.97 Å². The van der Waals surface area contributed by atoms with Crippen LogP contribution in [0.5, 0.6) is 0 Å². The van der Waals surface area contributed by atoms with Crippen LogP contribution in [0.1, 0.15) is 60.9 Å². The zero-order chi connectivity index (χ0) is 27.4. The first-order valence-corrected chi connectivity index (χ1v) is 15.0. The number of hydrogen-bond donors (Lipinski definition) is 3. The topological polar surface area (TPSA) is 145 Å². The number of ether oxygens (including phenoxy) is 2. The van der Waals surface area contributed by atoms with Gasteiger partial charge in [-0.05, 0) is 73.9 Å². The van der Waals surface area contributed by atoms with Gasteiger partial charge in [0.05, 0.1) is 28.1 Å². The Morgan fingerprint density at radius 1 is 1.02 bits per heavy atom. The molecule has 12 heteroatoms. The molecule has 0 amide bonds. The highest BCUT2D eigenvalue weighted by Crippen LogP contribution is 2.37. The van der Waals surface area contributed by atoms with Gasteiger partial charge >= 0.3 is 5.97 Å². The second-order valence-electron chi connectivity index (χ2n) is 10.4. The molecule has 1 saturated carbocycles. The number of nitrogens with zero attached hydrogens (tertiary/aromatic N) is 1. The van der Waals surface area contributed by atoms with Crippen LogP contribution >= 0.6 is 24.8 Å². The number of hydrogen-bond acceptors (Lipinski definition) is 8. The van der Waals surface area contributed by atoms with Gasteiger partial charge in [-0.25, -0.2) is 8.42 Å². The number of nitrogens with one attached hydrogen (secondary N) is 1. The van der Waals surface area contributed by atoms with Gasteiger partial charge < -0.3 is 25.3 Å². The Morgan fingerprint density at radius 3 is 2.32 bits per heavy atom. The number of carbonyl (C=O) groups excluding carboxylic acids is 1. The van der Waals surface area contributed by atoms with Crippen LogP contribution in [-0.4, -0.2) is 61.1 Å². The minimum absolute atomic E-state index is 0. The molecule has 5 rings (SSSR count). The lowest BCUT2D eigenvalue weighted by Crippen LogP contribution is -2.20. The van der Waals surface area contributed by atoms with E-state index in [9.17, 15) is 18.3 Å². The lowest BCUT2D eigenvalue weighted by molar-refractivity contribution is -0.145. The Bertz CT molecular complexity index is 1370. The fourth-order valence-electron chi connectivity index (χ4n) is 5.07. The minimum atomic E-state index is -3.23. The lowest BCUT2D eigenvalue weighted by atomic mass is 9.83. The van der Waals surface area contributed by atoms with Crippen LogP contribution in [0.3, 0.4) is 0 Å². The first-order valence-electron chi connectivity index (χ1n) is 13.5. The molecule has 2 fully saturated rings. The average Bonchev–Trinajstić information content (AvgIpc) is 3.73. The molecule has 1 aliphatic heterocycles. The molecule has 3 aromatic rings. The number of halogens is 2.